The Kier molecular flexibility index (Phi) is 6.76. The fraction of sp³-hybridized carbons (Fsp3) is 0.600. The molecule has 18 heavy (non-hydrogen) atoms. The third-order valence-corrected chi connectivity index (χ3v) is 2.90. The number of ether oxygens (including phenoxy) is 2. The Morgan fingerprint density at radius 1 is 1.28 bits per heavy atom. The summed E-state index contributed by atoms with van der Waals surface area (Å²) in [6.45, 7) is 6.43. The molecular weight excluding hydrogens is 226 g/mol. The van der Waals surface area contributed by atoms with E-state index in [0.29, 0.717) is 13.2 Å². The van der Waals surface area contributed by atoms with Gasteiger partial charge in [0.15, 0.2) is 0 Å². The average Bonchev–Trinajstić information content (AvgIpc) is 2.37. The van der Waals surface area contributed by atoms with Gasteiger partial charge in [-0.25, -0.2) is 0 Å². The van der Waals surface area contributed by atoms with Crippen LogP contribution >= 0.6 is 0 Å². The number of rotatable bonds is 8. The number of benzene rings is 1. The van der Waals surface area contributed by atoms with Crippen LogP contribution in [0.4, 0.5) is 0 Å². The van der Waals surface area contributed by atoms with Gasteiger partial charge in [-0.3, -0.25) is 0 Å². The van der Waals surface area contributed by atoms with Gasteiger partial charge in [0.1, 0.15) is 5.75 Å². The minimum Gasteiger partial charge on any atom is -0.496 e. The zero-order valence-corrected chi connectivity index (χ0v) is 11.7. The first-order valence-electron chi connectivity index (χ1n) is 6.61. The van der Waals surface area contributed by atoms with Crippen LogP contribution in [0.5, 0.6) is 5.75 Å². The van der Waals surface area contributed by atoms with Crippen molar-refractivity contribution in [3.05, 3.63) is 29.3 Å². The van der Waals surface area contributed by atoms with Crippen molar-refractivity contribution in [2.45, 2.75) is 39.8 Å². The Balaban J connectivity index is 2.38. The summed E-state index contributed by atoms with van der Waals surface area (Å²) >= 11 is 0. The summed E-state index contributed by atoms with van der Waals surface area (Å²) in [5.74, 6) is 1.60. The van der Waals surface area contributed by atoms with Crippen LogP contribution in [0.15, 0.2) is 18.2 Å². The van der Waals surface area contributed by atoms with E-state index in [9.17, 15) is 0 Å². The van der Waals surface area contributed by atoms with Crippen LogP contribution in [-0.4, -0.2) is 13.7 Å². The summed E-state index contributed by atoms with van der Waals surface area (Å²) in [4.78, 5) is 0. The van der Waals surface area contributed by atoms with Crippen molar-refractivity contribution in [2.75, 3.05) is 13.7 Å². The SMILES string of the molecule is COc1ccc(COCCCC(C)C)cc1CN. The Morgan fingerprint density at radius 3 is 2.67 bits per heavy atom. The molecule has 1 rings (SSSR count). The maximum absolute atomic E-state index is 5.68. The smallest absolute Gasteiger partial charge is 0.123 e. The van der Waals surface area contributed by atoms with Gasteiger partial charge in [-0.1, -0.05) is 19.9 Å². The Morgan fingerprint density at radius 2 is 2.06 bits per heavy atom. The van der Waals surface area contributed by atoms with Gasteiger partial charge < -0.3 is 15.2 Å². The van der Waals surface area contributed by atoms with Crippen LogP contribution in [0, 0.1) is 5.92 Å². The van der Waals surface area contributed by atoms with Crippen molar-refractivity contribution in [2.24, 2.45) is 11.7 Å². The Bertz CT molecular complexity index is 350. The first-order valence-corrected chi connectivity index (χ1v) is 6.61. The van der Waals surface area contributed by atoms with E-state index >= 15 is 0 Å². The summed E-state index contributed by atoms with van der Waals surface area (Å²) in [7, 11) is 1.66. The van der Waals surface area contributed by atoms with E-state index in [1.54, 1.807) is 7.11 Å². The fourth-order valence-corrected chi connectivity index (χ4v) is 1.86. The van der Waals surface area contributed by atoms with Gasteiger partial charge in [0, 0.05) is 18.7 Å². The molecule has 0 radical (unpaired) electrons. The summed E-state index contributed by atoms with van der Waals surface area (Å²) < 4.78 is 10.9. The van der Waals surface area contributed by atoms with Crippen LogP contribution in [0.3, 0.4) is 0 Å². The van der Waals surface area contributed by atoms with Crippen molar-refractivity contribution in [1.82, 2.24) is 0 Å². The topological polar surface area (TPSA) is 44.5 Å². The molecule has 102 valence electrons. The second kappa shape index (κ2) is 8.11. The molecule has 0 aliphatic rings. The quantitative estimate of drug-likeness (QED) is 0.722. The molecule has 0 aliphatic heterocycles. The van der Waals surface area contributed by atoms with Crippen molar-refractivity contribution in [1.29, 1.82) is 0 Å². The molecule has 0 saturated heterocycles. The normalized spacial score (nSPS) is 10.9. The molecule has 1 aromatic carbocycles. The highest BCUT2D eigenvalue weighted by Gasteiger charge is 2.03. The van der Waals surface area contributed by atoms with Gasteiger partial charge in [0.2, 0.25) is 0 Å². The summed E-state index contributed by atoms with van der Waals surface area (Å²) in [6.07, 6.45) is 2.34. The number of hydrogen-bond acceptors (Lipinski definition) is 3. The van der Waals surface area contributed by atoms with E-state index in [4.69, 9.17) is 15.2 Å². The zero-order chi connectivity index (χ0) is 13.4. The monoisotopic (exact) mass is 251 g/mol. The predicted octanol–water partition coefficient (Wildman–Crippen LogP) is 3.11. The maximum atomic E-state index is 5.68. The number of methoxy groups -OCH3 is 1. The standard InChI is InChI=1S/C15H25NO2/c1-12(2)5-4-8-18-11-13-6-7-15(17-3)14(9-13)10-16/h6-7,9,12H,4-5,8,10-11,16H2,1-3H3. The van der Waals surface area contributed by atoms with Crippen molar-refractivity contribution < 1.29 is 9.47 Å². The first kappa shape index (κ1) is 15.0. The number of hydrogen-bond donors (Lipinski definition) is 1. The third-order valence-electron chi connectivity index (χ3n) is 2.90. The maximum Gasteiger partial charge on any atom is 0.123 e. The van der Waals surface area contributed by atoms with E-state index in [0.717, 1.165) is 35.8 Å². The summed E-state index contributed by atoms with van der Waals surface area (Å²) in [5.41, 5.74) is 7.87. The molecule has 0 unspecified atom stereocenters. The Labute approximate surface area is 110 Å². The first-order chi connectivity index (χ1) is 8.67. The van der Waals surface area contributed by atoms with Crippen LogP contribution < -0.4 is 10.5 Å². The van der Waals surface area contributed by atoms with Gasteiger partial charge in [0.05, 0.1) is 13.7 Å². The lowest BCUT2D eigenvalue weighted by Crippen LogP contribution is -2.02. The lowest BCUT2D eigenvalue weighted by molar-refractivity contribution is 0.115. The predicted molar refractivity (Wildman–Crippen MR) is 74.6 cm³/mol. The fourth-order valence-electron chi connectivity index (χ4n) is 1.86. The van der Waals surface area contributed by atoms with Crippen LogP contribution in [0.2, 0.25) is 0 Å². The minimum atomic E-state index is 0.490. The van der Waals surface area contributed by atoms with E-state index in [1.807, 2.05) is 12.1 Å². The van der Waals surface area contributed by atoms with Gasteiger partial charge in [-0.2, -0.15) is 0 Å². The van der Waals surface area contributed by atoms with Crippen LogP contribution in [0.1, 0.15) is 37.8 Å². The molecule has 2 N–H and O–H groups in total. The lowest BCUT2D eigenvalue weighted by Gasteiger charge is -2.10. The van der Waals surface area contributed by atoms with Crippen LogP contribution in [-0.2, 0) is 17.9 Å². The molecule has 0 atom stereocenters. The molecule has 0 aromatic heterocycles. The molecule has 3 nitrogen and oxygen atoms in total. The van der Waals surface area contributed by atoms with Crippen molar-refractivity contribution >= 4 is 0 Å². The molecule has 0 saturated carbocycles. The zero-order valence-electron chi connectivity index (χ0n) is 11.7. The van der Waals surface area contributed by atoms with Gasteiger partial charge in [-0.05, 0) is 36.5 Å². The van der Waals surface area contributed by atoms with E-state index in [2.05, 4.69) is 19.9 Å². The summed E-state index contributed by atoms with van der Waals surface area (Å²) in [5, 5.41) is 0. The largest absolute Gasteiger partial charge is 0.496 e. The third kappa shape index (κ3) is 5.07. The van der Waals surface area contributed by atoms with Crippen LogP contribution in [0.25, 0.3) is 0 Å². The molecule has 3 heteroatoms. The molecule has 0 bridgehead atoms. The number of nitrogens with two attached hydrogens (primary N) is 1. The average molecular weight is 251 g/mol. The van der Waals surface area contributed by atoms with E-state index < -0.39 is 0 Å². The minimum absolute atomic E-state index is 0.490. The van der Waals surface area contributed by atoms with E-state index in [1.165, 1.54) is 6.42 Å². The molecular formula is C15H25NO2. The molecule has 1 aromatic rings. The molecule has 0 aliphatic carbocycles. The lowest BCUT2D eigenvalue weighted by atomic mass is 10.1. The molecule has 0 spiro atoms. The highest BCUT2D eigenvalue weighted by molar-refractivity contribution is 5.36. The second-order valence-electron chi connectivity index (χ2n) is 4.94. The molecule has 0 amide bonds. The Hall–Kier alpha value is -1.06. The molecule has 0 heterocycles. The van der Waals surface area contributed by atoms with Gasteiger partial charge in [0.25, 0.3) is 0 Å². The van der Waals surface area contributed by atoms with Gasteiger partial charge in [-0.15, -0.1) is 0 Å². The summed E-state index contributed by atoms with van der Waals surface area (Å²) in [6, 6.07) is 6.04. The van der Waals surface area contributed by atoms with Gasteiger partial charge >= 0.3 is 0 Å². The highest BCUT2D eigenvalue weighted by atomic mass is 16.5. The highest BCUT2D eigenvalue weighted by Crippen LogP contribution is 2.19. The molecule has 0 fully saturated rings. The van der Waals surface area contributed by atoms with E-state index in [-0.39, 0.29) is 0 Å². The van der Waals surface area contributed by atoms with Crippen molar-refractivity contribution in [3.63, 3.8) is 0 Å². The second-order valence-corrected chi connectivity index (χ2v) is 4.94. The van der Waals surface area contributed by atoms with Crippen molar-refractivity contribution in [3.8, 4) is 5.75 Å².